The second-order valence-electron chi connectivity index (χ2n) is 5.45. The van der Waals surface area contributed by atoms with Gasteiger partial charge < -0.3 is 5.32 Å². The fraction of sp³-hybridized carbons (Fsp3) is 0.500. The molecule has 0 bridgehead atoms. The van der Waals surface area contributed by atoms with Crippen LogP contribution in [0.5, 0.6) is 0 Å². The molecule has 23 heavy (non-hydrogen) atoms. The van der Waals surface area contributed by atoms with Crippen LogP contribution < -0.4 is 5.32 Å². The molecular weight excluding hydrogens is 315 g/mol. The highest BCUT2D eigenvalue weighted by atomic mass is 19.4. The summed E-state index contributed by atoms with van der Waals surface area (Å²) in [6.07, 6.45) is -4.22. The number of hydrogen-bond acceptors (Lipinski definition) is 4. The van der Waals surface area contributed by atoms with Gasteiger partial charge in [0.2, 0.25) is 5.91 Å². The van der Waals surface area contributed by atoms with Crippen LogP contribution in [0.25, 0.3) is 0 Å². The fourth-order valence-electron chi connectivity index (χ4n) is 2.52. The number of carbonyl (C=O) groups excluding carboxylic acids is 1. The molecule has 1 aliphatic rings. The molecule has 0 aromatic heterocycles. The van der Waals surface area contributed by atoms with Crippen molar-refractivity contribution >= 4 is 17.3 Å². The number of halogens is 3. The van der Waals surface area contributed by atoms with Crippen LogP contribution in [0, 0.1) is 16.0 Å². The molecule has 0 atom stereocenters. The maximum absolute atomic E-state index is 12.6. The van der Waals surface area contributed by atoms with Crippen LogP contribution in [0.15, 0.2) is 24.3 Å². The minimum atomic E-state index is -4.18. The molecule has 1 heterocycles. The summed E-state index contributed by atoms with van der Waals surface area (Å²) in [4.78, 5) is 23.6. The number of nitro groups is 1. The number of nitro benzene ring substituents is 1. The van der Waals surface area contributed by atoms with E-state index >= 15 is 0 Å². The van der Waals surface area contributed by atoms with E-state index in [4.69, 9.17) is 0 Å². The number of hydrogen-bond donors (Lipinski definition) is 1. The molecular formula is C14H16F3N3O3. The second-order valence-corrected chi connectivity index (χ2v) is 5.45. The standard InChI is InChI=1S/C14H16F3N3O3/c15-14(16,17)10-4-6-19(7-5-10)9-13(21)18-11-2-1-3-12(8-11)20(22)23/h1-3,8,10H,4-7,9H2,(H,18,21). The lowest BCUT2D eigenvalue weighted by Crippen LogP contribution is -2.42. The molecule has 6 nitrogen and oxygen atoms in total. The smallest absolute Gasteiger partial charge is 0.325 e. The maximum atomic E-state index is 12.6. The highest BCUT2D eigenvalue weighted by Gasteiger charge is 2.41. The number of nitrogens with zero attached hydrogens (tertiary/aromatic N) is 2. The molecule has 1 aromatic carbocycles. The summed E-state index contributed by atoms with van der Waals surface area (Å²) in [7, 11) is 0. The van der Waals surface area contributed by atoms with Crippen LogP contribution in [0.3, 0.4) is 0 Å². The first-order valence-corrected chi connectivity index (χ1v) is 7.09. The summed E-state index contributed by atoms with van der Waals surface area (Å²) in [6, 6.07) is 5.49. The van der Waals surface area contributed by atoms with Crippen molar-refractivity contribution in [1.82, 2.24) is 4.90 Å². The quantitative estimate of drug-likeness (QED) is 0.680. The van der Waals surface area contributed by atoms with Crippen molar-refractivity contribution in [1.29, 1.82) is 0 Å². The molecule has 9 heteroatoms. The summed E-state index contributed by atoms with van der Waals surface area (Å²) in [5, 5.41) is 13.2. The number of rotatable bonds is 4. The topological polar surface area (TPSA) is 75.5 Å². The average molecular weight is 331 g/mol. The Bertz CT molecular complexity index is 584. The van der Waals surface area contributed by atoms with E-state index in [0.717, 1.165) is 0 Å². The summed E-state index contributed by atoms with van der Waals surface area (Å²) in [6.45, 7) is 0.367. The van der Waals surface area contributed by atoms with E-state index in [2.05, 4.69) is 5.32 Å². The Kier molecular flexibility index (Phi) is 5.19. The third-order valence-electron chi connectivity index (χ3n) is 3.76. The van der Waals surface area contributed by atoms with Crippen molar-refractivity contribution in [2.75, 3.05) is 25.0 Å². The molecule has 2 rings (SSSR count). The van der Waals surface area contributed by atoms with Crippen LogP contribution in [-0.2, 0) is 4.79 Å². The van der Waals surface area contributed by atoms with Gasteiger partial charge in [0, 0.05) is 17.8 Å². The predicted octanol–water partition coefficient (Wildman–Crippen LogP) is 2.81. The number of benzene rings is 1. The summed E-state index contributed by atoms with van der Waals surface area (Å²) < 4.78 is 37.7. The third kappa shape index (κ3) is 4.92. The molecule has 1 aromatic rings. The van der Waals surface area contributed by atoms with Crippen LogP contribution in [-0.4, -0.2) is 41.5 Å². The normalized spacial score (nSPS) is 17.0. The van der Waals surface area contributed by atoms with E-state index in [9.17, 15) is 28.1 Å². The minimum absolute atomic E-state index is 0.0202. The number of alkyl halides is 3. The largest absolute Gasteiger partial charge is 0.391 e. The molecule has 1 N–H and O–H groups in total. The Morgan fingerprint density at radius 3 is 2.57 bits per heavy atom. The zero-order valence-electron chi connectivity index (χ0n) is 12.2. The third-order valence-corrected chi connectivity index (χ3v) is 3.76. The van der Waals surface area contributed by atoms with Gasteiger partial charge in [-0.2, -0.15) is 13.2 Å². The Morgan fingerprint density at radius 2 is 2.00 bits per heavy atom. The van der Waals surface area contributed by atoms with Gasteiger partial charge in [-0.25, -0.2) is 0 Å². The Balaban J connectivity index is 1.84. The van der Waals surface area contributed by atoms with Gasteiger partial charge in [-0.05, 0) is 32.0 Å². The van der Waals surface area contributed by atoms with Crippen molar-refractivity contribution in [2.24, 2.45) is 5.92 Å². The monoisotopic (exact) mass is 331 g/mol. The summed E-state index contributed by atoms with van der Waals surface area (Å²) in [5.74, 6) is -1.71. The number of likely N-dealkylation sites (tertiary alicyclic amines) is 1. The van der Waals surface area contributed by atoms with E-state index in [0.29, 0.717) is 0 Å². The van der Waals surface area contributed by atoms with E-state index in [-0.39, 0.29) is 43.9 Å². The average Bonchev–Trinajstić information content (AvgIpc) is 2.47. The molecule has 1 saturated heterocycles. The Hall–Kier alpha value is -2.16. The van der Waals surface area contributed by atoms with Gasteiger partial charge in [0.05, 0.1) is 17.4 Å². The number of carbonyl (C=O) groups is 1. The number of piperidine rings is 1. The summed E-state index contributed by atoms with van der Waals surface area (Å²) >= 11 is 0. The van der Waals surface area contributed by atoms with Gasteiger partial charge in [-0.3, -0.25) is 19.8 Å². The van der Waals surface area contributed by atoms with Crippen molar-refractivity contribution in [3.8, 4) is 0 Å². The van der Waals surface area contributed by atoms with Crippen LogP contribution >= 0.6 is 0 Å². The number of non-ortho nitro benzene ring substituents is 1. The molecule has 0 saturated carbocycles. The van der Waals surface area contributed by atoms with Gasteiger partial charge in [-0.1, -0.05) is 6.07 Å². The maximum Gasteiger partial charge on any atom is 0.391 e. The molecule has 0 aliphatic carbocycles. The Morgan fingerprint density at radius 1 is 1.35 bits per heavy atom. The molecule has 0 unspecified atom stereocenters. The van der Waals surface area contributed by atoms with Gasteiger partial charge in [0.1, 0.15) is 0 Å². The minimum Gasteiger partial charge on any atom is -0.325 e. The lowest BCUT2D eigenvalue weighted by Gasteiger charge is -2.32. The van der Waals surface area contributed by atoms with Gasteiger partial charge in [-0.15, -0.1) is 0 Å². The molecule has 0 spiro atoms. The highest BCUT2D eigenvalue weighted by molar-refractivity contribution is 5.92. The van der Waals surface area contributed by atoms with Crippen molar-refractivity contribution in [2.45, 2.75) is 19.0 Å². The number of nitrogens with one attached hydrogen (secondary N) is 1. The predicted molar refractivity (Wildman–Crippen MR) is 76.9 cm³/mol. The van der Waals surface area contributed by atoms with Crippen molar-refractivity contribution in [3.63, 3.8) is 0 Å². The highest BCUT2D eigenvalue weighted by Crippen LogP contribution is 2.33. The van der Waals surface area contributed by atoms with E-state index in [1.807, 2.05) is 0 Å². The van der Waals surface area contributed by atoms with E-state index in [1.165, 1.54) is 24.3 Å². The van der Waals surface area contributed by atoms with Crippen LogP contribution in [0.1, 0.15) is 12.8 Å². The summed E-state index contributed by atoms with van der Waals surface area (Å²) in [5.41, 5.74) is 0.142. The van der Waals surface area contributed by atoms with Crippen LogP contribution in [0.4, 0.5) is 24.5 Å². The van der Waals surface area contributed by atoms with E-state index in [1.54, 1.807) is 4.90 Å². The molecule has 1 amide bonds. The SMILES string of the molecule is O=C(CN1CCC(C(F)(F)F)CC1)Nc1cccc([N+](=O)[O-])c1. The number of anilines is 1. The molecule has 1 aliphatic heterocycles. The first-order chi connectivity index (χ1) is 10.8. The molecule has 1 fully saturated rings. The van der Waals surface area contributed by atoms with Gasteiger partial charge in [0.15, 0.2) is 0 Å². The number of amides is 1. The lowest BCUT2D eigenvalue weighted by molar-refractivity contribution is -0.384. The van der Waals surface area contributed by atoms with Gasteiger partial charge >= 0.3 is 6.18 Å². The molecule has 0 radical (unpaired) electrons. The zero-order chi connectivity index (χ0) is 17.0. The Labute approximate surface area is 130 Å². The van der Waals surface area contributed by atoms with Gasteiger partial charge in [0.25, 0.3) is 5.69 Å². The van der Waals surface area contributed by atoms with Crippen LogP contribution in [0.2, 0.25) is 0 Å². The van der Waals surface area contributed by atoms with Crippen molar-refractivity contribution in [3.05, 3.63) is 34.4 Å². The lowest BCUT2D eigenvalue weighted by atomic mass is 9.96. The van der Waals surface area contributed by atoms with E-state index < -0.39 is 22.9 Å². The first kappa shape index (κ1) is 17.2. The second kappa shape index (κ2) is 6.95. The van der Waals surface area contributed by atoms with Crippen molar-refractivity contribution < 1.29 is 22.9 Å². The molecule has 126 valence electrons. The zero-order valence-corrected chi connectivity index (χ0v) is 12.2. The first-order valence-electron chi connectivity index (χ1n) is 7.09. The fourth-order valence-corrected chi connectivity index (χ4v) is 2.52.